The maximum atomic E-state index is 13.9. The monoisotopic (exact) mass is 370 g/mol. The van der Waals surface area contributed by atoms with Gasteiger partial charge in [0.05, 0.1) is 0 Å². The number of aliphatic carboxylic acids is 1. The molecule has 27 heavy (non-hydrogen) atoms. The number of carbonyl (C=O) groups is 2. The first-order valence-corrected chi connectivity index (χ1v) is 9.14. The van der Waals surface area contributed by atoms with E-state index >= 15 is 0 Å². The van der Waals surface area contributed by atoms with Gasteiger partial charge in [0, 0.05) is 17.7 Å². The lowest BCUT2D eigenvalue weighted by atomic mass is 10.0. The smallest absolute Gasteiger partial charge is 0.331 e. The topological polar surface area (TPSA) is 69.6 Å². The number of hydrogen-bond acceptors (Lipinski definition) is 3. The Morgan fingerprint density at radius 2 is 1.70 bits per heavy atom. The molecule has 5 nitrogen and oxygen atoms in total. The average Bonchev–Trinajstić information content (AvgIpc) is 2.68. The van der Waals surface area contributed by atoms with E-state index in [0.29, 0.717) is 5.56 Å². The second-order valence-electron chi connectivity index (χ2n) is 6.80. The number of likely N-dealkylation sites (tertiary alicyclic amines) is 1. The van der Waals surface area contributed by atoms with Crippen LogP contribution in [0.1, 0.15) is 46.8 Å². The minimum absolute atomic E-state index is 0.0694. The Hall–Kier alpha value is -2.73. The summed E-state index contributed by atoms with van der Waals surface area (Å²) >= 11 is 0. The Kier molecular flexibility index (Phi) is 6.19. The van der Waals surface area contributed by atoms with Crippen LogP contribution in [-0.2, 0) is 11.3 Å². The second kappa shape index (κ2) is 8.77. The second-order valence-corrected chi connectivity index (χ2v) is 6.80. The average molecular weight is 370 g/mol. The van der Waals surface area contributed by atoms with Gasteiger partial charge in [-0.15, -0.1) is 0 Å². The van der Waals surface area contributed by atoms with Crippen molar-refractivity contribution < 1.29 is 19.1 Å². The van der Waals surface area contributed by atoms with Gasteiger partial charge in [0.2, 0.25) is 0 Å². The molecule has 2 aromatic carbocycles. The first-order chi connectivity index (χ1) is 13.0. The van der Waals surface area contributed by atoms with Crippen molar-refractivity contribution >= 4 is 11.9 Å². The molecule has 1 atom stereocenters. The SMILES string of the molecule is O=C(N[C@H](C(=O)O)c1ccccc1F)c1ccc(CN2CCCCC2)cc1. The highest BCUT2D eigenvalue weighted by atomic mass is 19.1. The molecule has 2 aromatic rings. The van der Waals surface area contributed by atoms with Crippen molar-refractivity contribution in [1.82, 2.24) is 10.2 Å². The molecule has 1 aliphatic rings. The van der Waals surface area contributed by atoms with E-state index in [4.69, 9.17) is 0 Å². The van der Waals surface area contributed by atoms with E-state index in [9.17, 15) is 19.1 Å². The molecular formula is C21H23FN2O3. The number of carbonyl (C=O) groups excluding carboxylic acids is 1. The molecule has 1 fully saturated rings. The molecule has 1 saturated heterocycles. The van der Waals surface area contributed by atoms with Crippen LogP contribution in [0.5, 0.6) is 0 Å². The molecular weight excluding hydrogens is 347 g/mol. The van der Waals surface area contributed by atoms with Crippen molar-refractivity contribution in [2.45, 2.75) is 31.8 Å². The van der Waals surface area contributed by atoms with Crippen LogP contribution >= 0.6 is 0 Å². The van der Waals surface area contributed by atoms with Crippen LogP contribution in [0.25, 0.3) is 0 Å². The summed E-state index contributed by atoms with van der Waals surface area (Å²) in [5.74, 6) is -2.52. The molecule has 3 rings (SSSR count). The van der Waals surface area contributed by atoms with Gasteiger partial charge < -0.3 is 10.4 Å². The van der Waals surface area contributed by atoms with Gasteiger partial charge in [-0.05, 0) is 49.7 Å². The van der Waals surface area contributed by atoms with E-state index in [2.05, 4.69) is 10.2 Å². The van der Waals surface area contributed by atoms with Crippen molar-refractivity contribution in [3.05, 3.63) is 71.0 Å². The minimum Gasteiger partial charge on any atom is -0.479 e. The van der Waals surface area contributed by atoms with Crippen molar-refractivity contribution in [2.24, 2.45) is 0 Å². The molecule has 0 unspecified atom stereocenters. The summed E-state index contributed by atoms with van der Waals surface area (Å²) < 4.78 is 13.9. The van der Waals surface area contributed by atoms with Crippen molar-refractivity contribution in [3.8, 4) is 0 Å². The quantitative estimate of drug-likeness (QED) is 0.818. The lowest BCUT2D eigenvalue weighted by Gasteiger charge is -2.26. The maximum absolute atomic E-state index is 13.9. The lowest BCUT2D eigenvalue weighted by molar-refractivity contribution is -0.139. The highest BCUT2D eigenvalue weighted by Crippen LogP contribution is 2.18. The number of carboxylic acid groups (broad SMARTS) is 1. The largest absolute Gasteiger partial charge is 0.479 e. The number of amides is 1. The van der Waals surface area contributed by atoms with E-state index < -0.39 is 23.7 Å². The third kappa shape index (κ3) is 4.92. The highest BCUT2D eigenvalue weighted by Gasteiger charge is 2.25. The summed E-state index contributed by atoms with van der Waals surface area (Å²) in [4.78, 5) is 26.3. The van der Waals surface area contributed by atoms with E-state index in [0.717, 1.165) is 25.2 Å². The van der Waals surface area contributed by atoms with Gasteiger partial charge in [0.25, 0.3) is 5.91 Å². The number of benzene rings is 2. The Labute approximate surface area is 157 Å². The number of hydrogen-bond donors (Lipinski definition) is 2. The number of nitrogens with one attached hydrogen (secondary N) is 1. The van der Waals surface area contributed by atoms with Crippen LogP contribution in [-0.4, -0.2) is 35.0 Å². The first-order valence-electron chi connectivity index (χ1n) is 9.14. The predicted octanol–water partition coefficient (Wildman–Crippen LogP) is 3.37. The standard InChI is InChI=1S/C21H23FN2O3/c22-18-7-3-2-6-17(18)19(21(26)27)23-20(25)16-10-8-15(9-11-16)14-24-12-4-1-5-13-24/h2-3,6-11,19H,1,4-5,12-14H2,(H,23,25)(H,26,27)/t19-/m0/s1. The van der Waals surface area contributed by atoms with Gasteiger partial charge in [-0.1, -0.05) is 36.8 Å². The molecule has 1 heterocycles. The molecule has 0 radical (unpaired) electrons. The van der Waals surface area contributed by atoms with E-state index in [1.807, 2.05) is 12.1 Å². The zero-order valence-electron chi connectivity index (χ0n) is 15.0. The third-order valence-corrected chi connectivity index (χ3v) is 4.81. The summed E-state index contributed by atoms with van der Waals surface area (Å²) in [6.45, 7) is 3.02. The van der Waals surface area contributed by atoms with Gasteiger partial charge in [0.15, 0.2) is 6.04 Å². The number of rotatable bonds is 6. The summed E-state index contributed by atoms with van der Waals surface area (Å²) in [6, 6.07) is 11.2. The summed E-state index contributed by atoms with van der Waals surface area (Å²) in [5, 5.41) is 11.8. The van der Waals surface area contributed by atoms with Crippen molar-refractivity contribution in [3.63, 3.8) is 0 Å². The normalized spacial score (nSPS) is 15.9. The van der Waals surface area contributed by atoms with Crippen molar-refractivity contribution in [2.75, 3.05) is 13.1 Å². The van der Waals surface area contributed by atoms with Crippen LogP contribution < -0.4 is 5.32 Å². The summed E-state index contributed by atoms with van der Waals surface area (Å²) in [6.07, 6.45) is 3.71. The Balaban J connectivity index is 1.67. The molecule has 0 aliphatic carbocycles. The van der Waals surface area contributed by atoms with E-state index in [-0.39, 0.29) is 5.56 Å². The number of piperidine rings is 1. The Bertz CT molecular complexity index is 801. The van der Waals surface area contributed by atoms with Gasteiger partial charge in [-0.2, -0.15) is 0 Å². The fourth-order valence-electron chi connectivity index (χ4n) is 3.33. The Morgan fingerprint density at radius 1 is 1.04 bits per heavy atom. The first kappa shape index (κ1) is 19.0. The maximum Gasteiger partial charge on any atom is 0.331 e. The van der Waals surface area contributed by atoms with Gasteiger partial charge in [-0.25, -0.2) is 9.18 Å². The zero-order valence-corrected chi connectivity index (χ0v) is 15.0. The van der Waals surface area contributed by atoms with E-state index in [1.165, 1.54) is 43.5 Å². The zero-order chi connectivity index (χ0) is 19.2. The molecule has 1 aliphatic heterocycles. The minimum atomic E-state index is -1.44. The predicted molar refractivity (Wildman–Crippen MR) is 99.8 cm³/mol. The lowest BCUT2D eigenvalue weighted by Crippen LogP contribution is -2.34. The molecule has 6 heteroatoms. The van der Waals surface area contributed by atoms with E-state index in [1.54, 1.807) is 12.1 Å². The summed E-state index contributed by atoms with van der Waals surface area (Å²) in [5.41, 5.74) is 1.39. The van der Waals surface area contributed by atoms with Gasteiger partial charge >= 0.3 is 5.97 Å². The molecule has 1 amide bonds. The molecule has 2 N–H and O–H groups in total. The fraction of sp³-hybridized carbons (Fsp3) is 0.333. The Morgan fingerprint density at radius 3 is 2.33 bits per heavy atom. The molecule has 0 bridgehead atoms. The molecule has 142 valence electrons. The van der Waals surface area contributed by atoms with Gasteiger partial charge in [-0.3, -0.25) is 9.69 Å². The number of halogens is 1. The van der Waals surface area contributed by atoms with Crippen LogP contribution in [0.4, 0.5) is 4.39 Å². The highest BCUT2D eigenvalue weighted by molar-refractivity contribution is 5.96. The number of nitrogens with zero attached hydrogens (tertiary/aromatic N) is 1. The van der Waals surface area contributed by atoms with Crippen LogP contribution in [0, 0.1) is 5.82 Å². The molecule has 0 aromatic heterocycles. The number of carboxylic acids is 1. The molecule has 0 saturated carbocycles. The molecule has 0 spiro atoms. The summed E-state index contributed by atoms with van der Waals surface area (Å²) in [7, 11) is 0. The van der Waals surface area contributed by atoms with Crippen molar-refractivity contribution in [1.29, 1.82) is 0 Å². The van der Waals surface area contributed by atoms with Gasteiger partial charge in [0.1, 0.15) is 5.82 Å². The van der Waals surface area contributed by atoms with Crippen LogP contribution in [0.2, 0.25) is 0 Å². The van der Waals surface area contributed by atoms with Crippen LogP contribution in [0.3, 0.4) is 0 Å². The third-order valence-electron chi connectivity index (χ3n) is 4.81. The fourth-order valence-corrected chi connectivity index (χ4v) is 3.33. The van der Waals surface area contributed by atoms with Crippen LogP contribution in [0.15, 0.2) is 48.5 Å².